The molecule has 2 amide bonds. The predicted octanol–water partition coefficient (Wildman–Crippen LogP) is 1.41. The summed E-state index contributed by atoms with van der Waals surface area (Å²) in [5.41, 5.74) is -0.743. The number of likely N-dealkylation sites (N-methyl/N-ethyl adjacent to an activating group) is 1. The van der Waals surface area contributed by atoms with Gasteiger partial charge in [0.25, 0.3) is 0 Å². The summed E-state index contributed by atoms with van der Waals surface area (Å²) < 4.78 is 0. The first-order valence-corrected chi connectivity index (χ1v) is 7.28. The fraction of sp³-hybridized carbons (Fsp3) is 0.857. The summed E-state index contributed by atoms with van der Waals surface area (Å²) in [5.74, 6) is -0.920. The average molecular weight is 285 g/mol. The molecule has 0 spiro atoms. The van der Waals surface area contributed by atoms with E-state index in [0.717, 1.165) is 6.54 Å². The molecule has 116 valence electrons. The van der Waals surface area contributed by atoms with Crippen molar-refractivity contribution in [3.05, 3.63) is 0 Å². The number of amides is 2. The molecule has 0 atom stereocenters. The molecule has 1 saturated carbocycles. The Labute approximate surface area is 120 Å². The van der Waals surface area contributed by atoms with Crippen LogP contribution < -0.4 is 10.6 Å². The lowest BCUT2D eigenvalue weighted by atomic mass is 10.0. The van der Waals surface area contributed by atoms with E-state index in [2.05, 4.69) is 22.6 Å². The van der Waals surface area contributed by atoms with Crippen LogP contribution in [-0.4, -0.2) is 53.7 Å². The zero-order chi connectivity index (χ0) is 15.2. The maximum atomic E-state index is 11.7. The summed E-state index contributed by atoms with van der Waals surface area (Å²) in [6.07, 6.45) is 4.99. The van der Waals surface area contributed by atoms with Crippen molar-refractivity contribution in [1.82, 2.24) is 15.5 Å². The summed E-state index contributed by atoms with van der Waals surface area (Å²) >= 11 is 0. The van der Waals surface area contributed by atoms with Gasteiger partial charge in [0.2, 0.25) is 0 Å². The third kappa shape index (κ3) is 6.23. The maximum absolute atomic E-state index is 11.7. The minimum Gasteiger partial charge on any atom is -0.481 e. The van der Waals surface area contributed by atoms with E-state index in [1.165, 1.54) is 25.7 Å². The molecule has 0 aromatic rings. The van der Waals surface area contributed by atoms with Crippen molar-refractivity contribution in [3.63, 3.8) is 0 Å². The highest BCUT2D eigenvalue weighted by atomic mass is 16.4. The van der Waals surface area contributed by atoms with Crippen molar-refractivity contribution in [2.45, 2.75) is 57.5 Å². The molecule has 0 aromatic carbocycles. The molecule has 6 heteroatoms. The van der Waals surface area contributed by atoms with Crippen LogP contribution in [0.4, 0.5) is 4.79 Å². The summed E-state index contributed by atoms with van der Waals surface area (Å²) in [5, 5.41) is 14.2. The van der Waals surface area contributed by atoms with Crippen molar-refractivity contribution in [2.24, 2.45) is 0 Å². The Kier molecular flexibility index (Phi) is 6.26. The molecule has 0 aromatic heterocycles. The van der Waals surface area contributed by atoms with Crippen LogP contribution in [0.1, 0.15) is 46.0 Å². The lowest BCUT2D eigenvalue weighted by Gasteiger charge is -2.26. The zero-order valence-corrected chi connectivity index (χ0v) is 12.7. The van der Waals surface area contributed by atoms with Crippen molar-refractivity contribution in [2.75, 3.05) is 20.1 Å². The predicted molar refractivity (Wildman–Crippen MR) is 77.8 cm³/mol. The molecule has 20 heavy (non-hydrogen) atoms. The number of carbonyl (C=O) groups excluding carboxylic acids is 1. The van der Waals surface area contributed by atoms with Gasteiger partial charge in [0.1, 0.15) is 0 Å². The van der Waals surface area contributed by atoms with Gasteiger partial charge in [0.05, 0.1) is 6.42 Å². The molecule has 0 radical (unpaired) electrons. The van der Waals surface area contributed by atoms with Gasteiger partial charge in [-0.25, -0.2) is 4.79 Å². The van der Waals surface area contributed by atoms with E-state index in [4.69, 9.17) is 5.11 Å². The highest BCUT2D eigenvalue weighted by Gasteiger charge is 2.24. The van der Waals surface area contributed by atoms with Crippen LogP contribution in [0.2, 0.25) is 0 Å². The Morgan fingerprint density at radius 2 is 1.90 bits per heavy atom. The van der Waals surface area contributed by atoms with Gasteiger partial charge in [-0.2, -0.15) is 0 Å². The van der Waals surface area contributed by atoms with Crippen LogP contribution in [-0.2, 0) is 4.79 Å². The van der Waals surface area contributed by atoms with Crippen molar-refractivity contribution in [1.29, 1.82) is 0 Å². The monoisotopic (exact) mass is 285 g/mol. The van der Waals surface area contributed by atoms with Gasteiger partial charge in [-0.15, -0.1) is 0 Å². The van der Waals surface area contributed by atoms with Gasteiger partial charge < -0.3 is 20.6 Å². The van der Waals surface area contributed by atoms with Crippen LogP contribution >= 0.6 is 0 Å². The number of urea groups is 1. The van der Waals surface area contributed by atoms with Crippen LogP contribution in [0.5, 0.6) is 0 Å². The lowest BCUT2D eigenvalue weighted by molar-refractivity contribution is -0.138. The molecule has 0 saturated heterocycles. The van der Waals surface area contributed by atoms with Gasteiger partial charge in [-0.1, -0.05) is 12.8 Å². The maximum Gasteiger partial charge on any atom is 0.315 e. The summed E-state index contributed by atoms with van der Waals surface area (Å²) in [4.78, 5) is 24.7. The normalized spacial score (nSPS) is 16.4. The molecule has 1 fully saturated rings. The Hall–Kier alpha value is -1.30. The number of hydrogen-bond donors (Lipinski definition) is 3. The van der Waals surface area contributed by atoms with E-state index in [1.54, 1.807) is 13.8 Å². The largest absolute Gasteiger partial charge is 0.481 e. The number of carbonyl (C=O) groups is 2. The number of hydrogen-bond acceptors (Lipinski definition) is 3. The SMILES string of the molecule is CN(CCNC(=O)NC(C)(C)CC(=O)O)C1CCCC1. The van der Waals surface area contributed by atoms with Crippen molar-refractivity contribution < 1.29 is 14.7 Å². The molecule has 6 nitrogen and oxygen atoms in total. The van der Waals surface area contributed by atoms with E-state index < -0.39 is 11.5 Å². The molecule has 0 unspecified atom stereocenters. The Balaban J connectivity index is 2.20. The molecular weight excluding hydrogens is 258 g/mol. The molecule has 3 N–H and O–H groups in total. The second-order valence-corrected chi connectivity index (χ2v) is 6.25. The second-order valence-electron chi connectivity index (χ2n) is 6.25. The van der Waals surface area contributed by atoms with E-state index in [1.807, 2.05) is 0 Å². The third-order valence-electron chi connectivity index (χ3n) is 3.74. The highest BCUT2D eigenvalue weighted by Crippen LogP contribution is 2.21. The standard InChI is InChI=1S/C14H27N3O3/c1-14(2,10-12(18)19)16-13(20)15-8-9-17(3)11-6-4-5-7-11/h11H,4-10H2,1-3H3,(H,18,19)(H2,15,16,20). The number of aliphatic carboxylic acids is 1. The third-order valence-corrected chi connectivity index (χ3v) is 3.74. The van der Waals surface area contributed by atoms with Gasteiger partial charge in [0, 0.05) is 24.7 Å². The number of nitrogens with one attached hydrogen (secondary N) is 2. The Morgan fingerprint density at radius 3 is 2.45 bits per heavy atom. The number of carboxylic acids is 1. The lowest BCUT2D eigenvalue weighted by Crippen LogP contribution is -2.50. The number of rotatable bonds is 7. The fourth-order valence-corrected chi connectivity index (χ4v) is 2.65. The van der Waals surface area contributed by atoms with E-state index in [-0.39, 0.29) is 12.5 Å². The smallest absolute Gasteiger partial charge is 0.315 e. The Bertz CT molecular complexity index is 339. The number of nitrogens with zero attached hydrogens (tertiary/aromatic N) is 1. The van der Waals surface area contributed by atoms with Crippen molar-refractivity contribution in [3.8, 4) is 0 Å². The minimum atomic E-state index is -0.920. The van der Waals surface area contributed by atoms with Gasteiger partial charge in [0.15, 0.2) is 0 Å². The molecule has 0 heterocycles. The van der Waals surface area contributed by atoms with Crippen LogP contribution in [0.3, 0.4) is 0 Å². The van der Waals surface area contributed by atoms with Crippen LogP contribution in [0.15, 0.2) is 0 Å². The van der Waals surface area contributed by atoms with Crippen LogP contribution in [0.25, 0.3) is 0 Å². The first-order chi connectivity index (χ1) is 9.30. The van der Waals surface area contributed by atoms with E-state index >= 15 is 0 Å². The van der Waals surface area contributed by atoms with Crippen molar-refractivity contribution >= 4 is 12.0 Å². The molecule has 1 aliphatic rings. The molecule has 0 aliphatic heterocycles. The Morgan fingerprint density at radius 1 is 1.30 bits per heavy atom. The fourth-order valence-electron chi connectivity index (χ4n) is 2.65. The average Bonchev–Trinajstić information content (AvgIpc) is 2.78. The molecular formula is C14H27N3O3. The first kappa shape index (κ1) is 16.8. The highest BCUT2D eigenvalue weighted by molar-refractivity contribution is 5.76. The second kappa shape index (κ2) is 7.47. The molecule has 0 bridgehead atoms. The van der Waals surface area contributed by atoms with E-state index in [0.29, 0.717) is 12.6 Å². The number of carboxylic acid groups (broad SMARTS) is 1. The van der Waals surface area contributed by atoms with E-state index in [9.17, 15) is 9.59 Å². The minimum absolute atomic E-state index is 0.0948. The molecule has 1 rings (SSSR count). The summed E-state index contributed by atoms with van der Waals surface area (Å²) in [7, 11) is 2.09. The summed E-state index contributed by atoms with van der Waals surface area (Å²) in [6.45, 7) is 4.79. The van der Waals surface area contributed by atoms with Gasteiger partial charge in [-0.05, 0) is 33.7 Å². The van der Waals surface area contributed by atoms with Crippen LogP contribution in [0, 0.1) is 0 Å². The molecule has 1 aliphatic carbocycles. The first-order valence-electron chi connectivity index (χ1n) is 7.28. The topological polar surface area (TPSA) is 81.7 Å². The quantitative estimate of drug-likeness (QED) is 0.660. The van der Waals surface area contributed by atoms with Gasteiger partial charge >= 0.3 is 12.0 Å². The summed E-state index contributed by atoms with van der Waals surface area (Å²) in [6, 6.07) is 0.333. The zero-order valence-electron chi connectivity index (χ0n) is 12.7. The van der Waals surface area contributed by atoms with Gasteiger partial charge in [-0.3, -0.25) is 4.79 Å².